The summed E-state index contributed by atoms with van der Waals surface area (Å²) in [6, 6.07) is 17.1. The number of benzene rings is 2. The number of aromatic nitrogens is 3. The summed E-state index contributed by atoms with van der Waals surface area (Å²) in [5, 5.41) is 6.89. The second kappa shape index (κ2) is 7.27. The quantitative estimate of drug-likeness (QED) is 0.735. The van der Waals surface area contributed by atoms with Gasteiger partial charge in [-0.2, -0.15) is 4.98 Å². The van der Waals surface area contributed by atoms with Crippen LogP contribution in [0.4, 0.5) is 10.7 Å². The van der Waals surface area contributed by atoms with E-state index in [1.165, 1.54) is 4.90 Å². The SMILES string of the molecule is CN(C(=O)OCc1ccccc1)c1n[nH]c(-c2ccc(Br)cc2)n1. The molecule has 1 aromatic heterocycles. The number of aromatic amines is 1. The lowest BCUT2D eigenvalue weighted by molar-refractivity contribution is 0.148. The van der Waals surface area contributed by atoms with Gasteiger partial charge in [0.15, 0.2) is 5.82 Å². The number of amides is 1. The first kappa shape index (κ1) is 16.2. The van der Waals surface area contributed by atoms with Gasteiger partial charge in [-0.15, -0.1) is 5.10 Å². The van der Waals surface area contributed by atoms with Gasteiger partial charge >= 0.3 is 6.09 Å². The van der Waals surface area contributed by atoms with Gasteiger partial charge in [0.05, 0.1) is 0 Å². The highest BCUT2D eigenvalue weighted by Gasteiger charge is 2.17. The molecule has 1 amide bonds. The van der Waals surface area contributed by atoms with E-state index in [0.717, 1.165) is 15.6 Å². The maximum absolute atomic E-state index is 12.1. The normalized spacial score (nSPS) is 10.4. The maximum atomic E-state index is 12.1. The van der Waals surface area contributed by atoms with Crippen molar-refractivity contribution in [2.45, 2.75) is 6.61 Å². The molecule has 1 heterocycles. The number of hydrogen-bond acceptors (Lipinski definition) is 4. The Kier molecular flexibility index (Phi) is 4.90. The largest absolute Gasteiger partial charge is 0.444 e. The Labute approximate surface area is 147 Å². The monoisotopic (exact) mass is 386 g/mol. The van der Waals surface area contributed by atoms with Gasteiger partial charge in [-0.1, -0.05) is 58.4 Å². The zero-order valence-electron chi connectivity index (χ0n) is 12.9. The molecule has 0 fully saturated rings. The molecule has 24 heavy (non-hydrogen) atoms. The van der Waals surface area contributed by atoms with E-state index >= 15 is 0 Å². The fraction of sp³-hybridized carbons (Fsp3) is 0.118. The average molecular weight is 387 g/mol. The number of carbonyl (C=O) groups is 1. The molecule has 0 aliphatic carbocycles. The Balaban J connectivity index is 1.65. The Morgan fingerprint density at radius 2 is 1.88 bits per heavy atom. The molecule has 0 saturated carbocycles. The third-order valence-electron chi connectivity index (χ3n) is 3.37. The smallest absolute Gasteiger partial charge is 0.416 e. The van der Waals surface area contributed by atoms with Crippen LogP contribution in [0.2, 0.25) is 0 Å². The molecule has 7 heteroatoms. The van der Waals surface area contributed by atoms with Crippen LogP contribution in [0.1, 0.15) is 5.56 Å². The lowest BCUT2D eigenvalue weighted by Gasteiger charge is -2.12. The number of carbonyl (C=O) groups excluding carboxylic acids is 1. The van der Waals surface area contributed by atoms with E-state index in [-0.39, 0.29) is 12.6 Å². The Bertz CT molecular complexity index is 818. The Hall–Kier alpha value is -2.67. The minimum atomic E-state index is -0.514. The van der Waals surface area contributed by atoms with Crippen LogP contribution in [-0.4, -0.2) is 28.3 Å². The molecular formula is C17H15BrN4O2. The van der Waals surface area contributed by atoms with Gasteiger partial charge < -0.3 is 4.74 Å². The predicted molar refractivity (Wildman–Crippen MR) is 94.5 cm³/mol. The lowest BCUT2D eigenvalue weighted by atomic mass is 10.2. The standard InChI is InChI=1S/C17H15BrN4O2/c1-22(17(23)24-11-12-5-3-2-4-6-12)16-19-15(20-21-16)13-7-9-14(18)10-8-13/h2-10H,11H2,1H3,(H,19,20,21). The summed E-state index contributed by atoms with van der Waals surface area (Å²) in [7, 11) is 1.57. The van der Waals surface area contributed by atoms with Crippen LogP contribution in [0.15, 0.2) is 59.1 Å². The van der Waals surface area contributed by atoms with Crippen LogP contribution in [-0.2, 0) is 11.3 Å². The maximum Gasteiger partial charge on any atom is 0.416 e. The Morgan fingerprint density at radius 1 is 1.17 bits per heavy atom. The number of H-pyrrole nitrogens is 1. The molecule has 0 bridgehead atoms. The summed E-state index contributed by atoms with van der Waals surface area (Å²) in [5.41, 5.74) is 1.80. The van der Waals surface area contributed by atoms with Crippen molar-refractivity contribution in [3.05, 3.63) is 64.6 Å². The topological polar surface area (TPSA) is 71.1 Å². The van der Waals surface area contributed by atoms with E-state index in [1.54, 1.807) is 7.05 Å². The zero-order valence-corrected chi connectivity index (χ0v) is 14.5. The van der Waals surface area contributed by atoms with Crippen LogP contribution in [0.5, 0.6) is 0 Å². The molecule has 3 aromatic rings. The average Bonchev–Trinajstić information content (AvgIpc) is 3.10. The van der Waals surface area contributed by atoms with Gasteiger partial charge in [-0.05, 0) is 17.7 Å². The van der Waals surface area contributed by atoms with Crippen LogP contribution >= 0.6 is 15.9 Å². The molecular weight excluding hydrogens is 372 g/mol. The van der Waals surface area contributed by atoms with Crippen molar-refractivity contribution in [1.82, 2.24) is 15.2 Å². The lowest BCUT2D eigenvalue weighted by Crippen LogP contribution is -2.27. The number of nitrogens with one attached hydrogen (secondary N) is 1. The molecule has 122 valence electrons. The summed E-state index contributed by atoms with van der Waals surface area (Å²) >= 11 is 3.39. The number of nitrogens with zero attached hydrogens (tertiary/aromatic N) is 3. The van der Waals surface area contributed by atoms with Crippen LogP contribution in [0, 0.1) is 0 Å². The van der Waals surface area contributed by atoms with E-state index in [1.807, 2.05) is 54.6 Å². The van der Waals surface area contributed by atoms with Gasteiger partial charge in [0.1, 0.15) is 6.61 Å². The fourth-order valence-corrected chi connectivity index (χ4v) is 2.30. The van der Waals surface area contributed by atoms with Crippen molar-refractivity contribution in [2.75, 3.05) is 11.9 Å². The zero-order chi connectivity index (χ0) is 16.9. The minimum absolute atomic E-state index is 0.202. The van der Waals surface area contributed by atoms with E-state index in [0.29, 0.717) is 5.82 Å². The van der Waals surface area contributed by atoms with Gasteiger partial charge in [0, 0.05) is 17.1 Å². The molecule has 0 saturated heterocycles. The second-order valence-corrected chi connectivity index (χ2v) is 6.01. The summed E-state index contributed by atoms with van der Waals surface area (Å²) < 4.78 is 6.24. The van der Waals surface area contributed by atoms with Crippen LogP contribution in [0.3, 0.4) is 0 Å². The number of anilines is 1. The van der Waals surface area contributed by atoms with Crippen LogP contribution in [0.25, 0.3) is 11.4 Å². The number of hydrogen-bond donors (Lipinski definition) is 1. The summed E-state index contributed by atoms with van der Waals surface area (Å²) in [6.07, 6.45) is -0.514. The molecule has 6 nitrogen and oxygen atoms in total. The van der Waals surface area contributed by atoms with Crippen molar-refractivity contribution in [1.29, 1.82) is 0 Å². The van der Waals surface area contributed by atoms with E-state index in [9.17, 15) is 4.79 Å². The van der Waals surface area contributed by atoms with Crippen molar-refractivity contribution in [3.8, 4) is 11.4 Å². The van der Waals surface area contributed by atoms with Crippen molar-refractivity contribution in [2.24, 2.45) is 0 Å². The molecule has 0 aliphatic heterocycles. The molecule has 0 aliphatic rings. The third-order valence-corrected chi connectivity index (χ3v) is 3.90. The molecule has 0 atom stereocenters. The van der Waals surface area contributed by atoms with Crippen molar-refractivity contribution >= 4 is 28.0 Å². The van der Waals surface area contributed by atoms with E-state index in [2.05, 4.69) is 31.1 Å². The highest BCUT2D eigenvalue weighted by atomic mass is 79.9. The molecule has 1 N–H and O–H groups in total. The summed E-state index contributed by atoms with van der Waals surface area (Å²) in [5.74, 6) is 0.839. The number of rotatable bonds is 4. The van der Waals surface area contributed by atoms with Gasteiger partial charge in [-0.3, -0.25) is 5.10 Å². The highest BCUT2D eigenvalue weighted by molar-refractivity contribution is 9.10. The summed E-state index contributed by atoms with van der Waals surface area (Å²) in [4.78, 5) is 17.7. The summed E-state index contributed by atoms with van der Waals surface area (Å²) in [6.45, 7) is 0.202. The third kappa shape index (κ3) is 3.80. The fourth-order valence-electron chi connectivity index (χ4n) is 2.04. The first-order valence-electron chi connectivity index (χ1n) is 7.26. The van der Waals surface area contributed by atoms with Gasteiger partial charge in [0.25, 0.3) is 5.95 Å². The number of halogens is 1. The van der Waals surface area contributed by atoms with Gasteiger partial charge in [-0.25, -0.2) is 9.69 Å². The second-order valence-electron chi connectivity index (χ2n) is 5.09. The van der Waals surface area contributed by atoms with Crippen molar-refractivity contribution < 1.29 is 9.53 Å². The first-order valence-corrected chi connectivity index (χ1v) is 8.05. The van der Waals surface area contributed by atoms with E-state index < -0.39 is 6.09 Å². The molecule has 0 unspecified atom stereocenters. The minimum Gasteiger partial charge on any atom is -0.444 e. The van der Waals surface area contributed by atoms with Crippen molar-refractivity contribution in [3.63, 3.8) is 0 Å². The predicted octanol–water partition coefficient (Wildman–Crippen LogP) is 4.01. The molecule has 3 rings (SSSR count). The molecule has 2 aromatic carbocycles. The van der Waals surface area contributed by atoms with Crippen LogP contribution < -0.4 is 4.90 Å². The Morgan fingerprint density at radius 3 is 2.58 bits per heavy atom. The number of ether oxygens (including phenoxy) is 1. The first-order chi connectivity index (χ1) is 11.6. The van der Waals surface area contributed by atoms with Gasteiger partial charge in [0.2, 0.25) is 0 Å². The molecule has 0 radical (unpaired) electrons. The molecule has 0 spiro atoms. The van der Waals surface area contributed by atoms with E-state index in [4.69, 9.17) is 4.74 Å². The highest BCUT2D eigenvalue weighted by Crippen LogP contribution is 2.20.